The molecule has 0 saturated carbocycles. The van der Waals surface area contributed by atoms with Crippen LogP contribution in [0.1, 0.15) is 12.5 Å². The number of nitrogens with zero attached hydrogens (tertiary/aromatic N) is 1. The van der Waals surface area contributed by atoms with E-state index in [-0.39, 0.29) is 31.1 Å². The van der Waals surface area contributed by atoms with Crippen LogP contribution in [-0.2, 0) is 14.3 Å². The number of esters is 1. The predicted octanol–water partition coefficient (Wildman–Crippen LogP) is 2.06. The zero-order valence-corrected chi connectivity index (χ0v) is 13.9. The molecule has 6 heteroatoms. The minimum Gasteiger partial charge on any atom is -0.482 e. The molecule has 0 amide bonds. The summed E-state index contributed by atoms with van der Waals surface area (Å²) in [5.74, 6) is 0.342. The lowest BCUT2D eigenvalue weighted by Crippen LogP contribution is -2.41. The van der Waals surface area contributed by atoms with Gasteiger partial charge in [0.05, 0.1) is 13.2 Å². The number of halogens is 1. The lowest BCUT2D eigenvalue weighted by Gasteiger charge is -2.28. The van der Waals surface area contributed by atoms with Crippen molar-refractivity contribution in [2.75, 3.05) is 39.5 Å². The van der Waals surface area contributed by atoms with Gasteiger partial charge in [-0.15, -0.1) is 12.4 Å². The van der Waals surface area contributed by atoms with Crippen molar-refractivity contribution in [2.24, 2.45) is 0 Å². The number of hydrogen-bond donors (Lipinski definition) is 0. The molecule has 0 N–H and O–H groups in total. The second kappa shape index (κ2) is 9.66. The van der Waals surface area contributed by atoms with Crippen molar-refractivity contribution >= 4 is 18.4 Å². The Morgan fingerprint density at radius 1 is 1.27 bits per heavy atom. The summed E-state index contributed by atoms with van der Waals surface area (Å²) in [6.45, 7) is 7.86. The monoisotopic (exact) mass is 329 g/mol. The van der Waals surface area contributed by atoms with Crippen molar-refractivity contribution in [2.45, 2.75) is 20.0 Å². The third kappa shape index (κ3) is 6.64. The molecule has 0 spiro atoms. The molecule has 0 radical (unpaired) electrons. The van der Waals surface area contributed by atoms with Crippen LogP contribution >= 0.6 is 12.4 Å². The predicted molar refractivity (Wildman–Crippen MR) is 86.7 cm³/mol. The molecule has 1 fully saturated rings. The van der Waals surface area contributed by atoms with Crippen LogP contribution in [0.2, 0.25) is 0 Å². The van der Waals surface area contributed by atoms with Crippen molar-refractivity contribution < 1.29 is 19.0 Å². The van der Waals surface area contributed by atoms with Crippen molar-refractivity contribution in [1.29, 1.82) is 0 Å². The molecule has 1 aromatic rings. The van der Waals surface area contributed by atoms with Gasteiger partial charge in [0.25, 0.3) is 0 Å². The standard InChI is InChI=1S/C16H23NO4.ClH/c1-13-3-5-15(6-4-13)20-12-16(18)21-14(2)11-17-7-9-19-10-8-17;/h3-6,14H,7-12H2,1-2H3;1H. The summed E-state index contributed by atoms with van der Waals surface area (Å²) in [6.07, 6.45) is -0.141. The van der Waals surface area contributed by atoms with E-state index < -0.39 is 0 Å². The van der Waals surface area contributed by atoms with Crippen LogP contribution in [0.5, 0.6) is 5.75 Å². The summed E-state index contributed by atoms with van der Waals surface area (Å²) >= 11 is 0. The highest BCUT2D eigenvalue weighted by molar-refractivity contribution is 5.85. The maximum atomic E-state index is 11.7. The van der Waals surface area contributed by atoms with Crippen LogP contribution in [0, 0.1) is 6.92 Å². The van der Waals surface area contributed by atoms with Gasteiger partial charge in [0.15, 0.2) is 6.61 Å². The average Bonchev–Trinajstić information content (AvgIpc) is 2.47. The van der Waals surface area contributed by atoms with Gasteiger partial charge < -0.3 is 14.2 Å². The first kappa shape index (κ1) is 18.7. The fraction of sp³-hybridized carbons (Fsp3) is 0.562. The number of morpholine rings is 1. The molecule has 1 saturated heterocycles. The summed E-state index contributed by atoms with van der Waals surface area (Å²) in [6, 6.07) is 7.59. The highest BCUT2D eigenvalue weighted by atomic mass is 35.5. The molecule has 0 aliphatic carbocycles. The Morgan fingerprint density at radius 2 is 1.91 bits per heavy atom. The van der Waals surface area contributed by atoms with Crippen LogP contribution in [-0.4, -0.2) is 56.4 Å². The fourth-order valence-corrected chi connectivity index (χ4v) is 2.22. The third-order valence-corrected chi connectivity index (χ3v) is 3.33. The summed E-state index contributed by atoms with van der Waals surface area (Å²) in [4.78, 5) is 14.0. The fourth-order valence-electron chi connectivity index (χ4n) is 2.22. The number of carbonyl (C=O) groups is 1. The van der Waals surface area contributed by atoms with Crippen molar-refractivity contribution in [1.82, 2.24) is 4.90 Å². The van der Waals surface area contributed by atoms with Gasteiger partial charge in [0.1, 0.15) is 11.9 Å². The Hall–Kier alpha value is -1.30. The Balaban J connectivity index is 0.00000242. The average molecular weight is 330 g/mol. The molecule has 0 bridgehead atoms. The summed E-state index contributed by atoms with van der Waals surface area (Å²) in [5.41, 5.74) is 1.16. The van der Waals surface area contributed by atoms with Gasteiger partial charge in [-0.25, -0.2) is 4.79 Å². The van der Waals surface area contributed by atoms with E-state index >= 15 is 0 Å². The molecule has 0 aromatic heterocycles. The Labute approximate surface area is 137 Å². The van der Waals surface area contributed by atoms with Crippen LogP contribution < -0.4 is 4.74 Å². The first-order chi connectivity index (χ1) is 10.1. The maximum Gasteiger partial charge on any atom is 0.344 e. The van der Waals surface area contributed by atoms with Crippen molar-refractivity contribution in [3.63, 3.8) is 0 Å². The number of aryl methyl sites for hydroxylation is 1. The smallest absolute Gasteiger partial charge is 0.344 e. The minimum absolute atomic E-state index is 0. The second-order valence-corrected chi connectivity index (χ2v) is 5.32. The van der Waals surface area contributed by atoms with E-state index in [1.54, 1.807) is 0 Å². The molecule has 124 valence electrons. The number of benzene rings is 1. The highest BCUT2D eigenvalue weighted by Crippen LogP contribution is 2.11. The number of rotatable bonds is 6. The van der Waals surface area contributed by atoms with E-state index in [1.165, 1.54) is 0 Å². The van der Waals surface area contributed by atoms with Crippen LogP contribution in [0.3, 0.4) is 0 Å². The van der Waals surface area contributed by atoms with E-state index in [0.29, 0.717) is 5.75 Å². The molecular formula is C16H24ClNO4. The Kier molecular flexibility index (Phi) is 8.24. The Morgan fingerprint density at radius 3 is 2.55 bits per heavy atom. The zero-order chi connectivity index (χ0) is 15.1. The number of carbonyl (C=O) groups excluding carboxylic acids is 1. The van der Waals surface area contributed by atoms with Crippen LogP contribution in [0.25, 0.3) is 0 Å². The lowest BCUT2D eigenvalue weighted by molar-refractivity contribution is -0.151. The molecule has 22 heavy (non-hydrogen) atoms. The van der Waals surface area contributed by atoms with Gasteiger partial charge in [0, 0.05) is 19.6 Å². The zero-order valence-electron chi connectivity index (χ0n) is 13.1. The molecule has 1 aliphatic rings. The topological polar surface area (TPSA) is 48.0 Å². The van der Waals surface area contributed by atoms with Gasteiger partial charge in [-0.05, 0) is 26.0 Å². The van der Waals surface area contributed by atoms with Crippen LogP contribution in [0.4, 0.5) is 0 Å². The minimum atomic E-state index is -0.337. The number of hydrogen-bond acceptors (Lipinski definition) is 5. The van der Waals surface area contributed by atoms with E-state index in [2.05, 4.69) is 4.90 Å². The number of ether oxygens (including phenoxy) is 3. The van der Waals surface area contributed by atoms with Gasteiger partial charge in [-0.1, -0.05) is 17.7 Å². The highest BCUT2D eigenvalue weighted by Gasteiger charge is 2.16. The largest absolute Gasteiger partial charge is 0.482 e. The normalized spacial score (nSPS) is 16.5. The van der Waals surface area contributed by atoms with Crippen molar-refractivity contribution in [3.05, 3.63) is 29.8 Å². The van der Waals surface area contributed by atoms with Gasteiger partial charge in [-0.2, -0.15) is 0 Å². The Bertz CT molecular complexity index is 446. The summed E-state index contributed by atoms with van der Waals surface area (Å²) in [7, 11) is 0. The molecule has 1 heterocycles. The van der Waals surface area contributed by atoms with Gasteiger partial charge >= 0.3 is 5.97 Å². The lowest BCUT2D eigenvalue weighted by atomic mass is 10.2. The van der Waals surface area contributed by atoms with Gasteiger partial charge in [-0.3, -0.25) is 4.90 Å². The van der Waals surface area contributed by atoms with Crippen molar-refractivity contribution in [3.8, 4) is 5.75 Å². The SMILES string of the molecule is Cc1ccc(OCC(=O)OC(C)CN2CCOCC2)cc1.Cl. The van der Waals surface area contributed by atoms with Crippen LogP contribution in [0.15, 0.2) is 24.3 Å². The first-order valence-corrected chi connectivity index (χ1v) is 7.32. The van der Waals surface area contributed by atoms with E-state index in [9.17, 15) is 4.79 Å². The molecule has 1 aromatic carbocycles. The van der Waals surface area contributed by atoms with E-state index in [0.717, 1.165) is 38.4 Å². The summed E-state index contributed by atoms with van der Waals surface area (Å²) in [5, 5.41) is 0. The second-order valence-electron chi connectivity index (χ2n) is 5.32. The molecule has 1 unspecified atom stereocenters. The quantitative estimate of drug-likeness (QED) is 0.748. The van der Waals surface area contributed by atoms with E-state index in [1.807, 2.05) is 38.1 Å². The molecule has 5 nitrogen and oxygen atoms in total. The maximum absolute atomic E-state index is 11.7. The molecule has 2 rings (SSSR count). The molecule has 1 atom stereocenters. The molecular weight excluding hydrogens is 306 g/mol. The first-order valence-electron chi connectivity index (χ1n) is 7.32. The third-order valence-electron chi connectivity index (χ3n) is 3.33. The van der Waals surface area contributed by atoms with Gasteiger partial charge in [0.2, 0.25) is 0 Å². The van der Waals surface area contributed by atoms with E-state index in [4.69, 9.17) is 14.2 Å². The molecule has 1 aliphatic heterocycles. The summed E-state index contributed by atoms with van der Waals surface area (Å²) < 4.78 is 16.0.